The SMILES string of the molecule is O=C(CSC1NC(=O)C2SC(=S)N(c3ccccc3)C2N1)Nc1ccc(F)c(Cl)c1. The van der Waals surface area contributed by atoms with Crippen molar-refractivity contribution in [3.05, 3.63) is 59.4 Å². The molecule has 6 nitrogen and oxygen atoms in total. The Labute approximate surface area is 191 Å². The first kappa shape index (κ1) is 21.4. The second-order valence-electron chi connectivity index (χ2n) is 6.50. The lowest BCUT2D eigenvalue weighted by molar-refractivity contribution is -0.122. The molecule has 2 amide bonds. The van der Waals surface area contributed by atoms with Crippen LogP contribution in [0.4, 0.5) is 15.8 Å². The molecule has 4 rings (SSSR count). The van der Waals surface area contributed by atoms with Crippen molar-refractivity contribution in [2.75, 3.05) is 16.0 Å². The van der Waals surface area contributed by atoms with E-state index in [1.54, 1.807) is 0 Å². The molecule has 2 aliphatic heterocycles. The van der Waals surface area contributed by atoms with E-state index in [0.717, 1.165) is 5.69 Å². The van der Waals surface area contributed by atoms with Gasteiger partial charge in [-0.1, -0.05) is 53.8 Å². The number of carbonyl (C=O) groups excluding carboxylic acids is 2. The van der Waals surface area contributed by atoms with Crippen LogP contribution < -0.4 is 20.9 Å². The Morgan fingerprint density at radius 2 is 2.07 bits per heavy atom. The van der Waals surface area contributed by atoms with Crippen molar-refractivity contribution < 1.29 is 14.0 Å². The zero-order valence-corrected chi connectivity index (χ0v) is 18.5. The molecule has 2 heterocycles. The second kappa shape index (κ2) is 9.11. The van der Waals surface area contributed by atoms with Gasteiger partial charge in [-0.15, -0.1) is 11.8 Å². The minimum atomic E-state index is -0.553. The van der Waals surface area contributed by atoms with Gasteiger partial charge in [-0.25, -0.2) is 4.39 Å². The molecule has 30 heavy (non-hydrogen) atoms. The van der Waals surface area contributed by atoms with Gasteiger partial charge in [-0.05, 0) is 30.3 Å². The number of rotatable bonds is 5. The highest BCUT2D eigenvalue weighted by atomic mass is 35.5. The van der Waals surface area contributed by atoms with Crippen LogP contribution in [0.3, 0.4) is 0 Å². The zero-order valence-electron chi connectivity index (χ0n) is 15.3. The van der Waals surface area contributed by atoms with Crippen LogP contribution in [0.1, 0.15) is 0 Å². The van der Waals surface area contributed by atoms with Crippen molar-refractivity contribution in [3.63, 3.8) is 0 Å². The molecule has 0 radical (unpaired) electrons. The van der Waals surface area contributed by atoms with Crippen molar-refractivity contribution in [3.8, 4) is 0 Å². The monoisotopic (exact) mass is 482 g/mol. The van der Waals surface area contributed by atoms with Crippen LogP contribution in [0, 0.1) is 5.82 Å². The van der Waals surface area contributed by atoms with E-state index in [9.17, 15) is 14.0 Å². The van der Waals surface area contributed by atoms with Gasteiger partial charge in [-0.2, -0.15) is 0 Å². The Bertz CT molecular complexity index is 997. The van der Waals surface area contributed by atoms with Gasteiger partial charge in [0.1, 0.15) is 27.1 Å². The number of para-hydroxylation sites is 1. The summed E-state index contributed by atoms with van der Waals surface area (Å²) in [5.41, 5.74) is 0.842. The molecular weight excluding hydrogens is 467 g/mol. The molecule has 3 unspecified atom stereocenters. The lowest BCUT2D eigenvalue weighted by Crippen LogP contribution is -2.64. The second-order valence-corrected chi connectivity index (χ2v) is 9.77. The number of benzene rings is 2. The maximum atomic E-state index is 13.2. The number of halogens is 2. The van der Waals surface area contributed by atoms with Crippen LogP contribution >= 0.6 is 47.3 Å². The van der Waals surface area contributed by atoms with Crippen LogP contribution in [-0.2, 0) is 9.59 Å². The van der Waals surface area contributed by atoms with E-state index >= 15 is 0 Å². The lowest BCUT2D eigenvalue weighted by Gasteiger charge is -2.36. The van der Waals surface area contributed by atoms with Gasteiger partial charge >= 0.3 is 0 Å². The average Bonchev–Trinajstić information content (AvgIpc) is 3.06. The van der Waals surface area contributed by atoms with Gasteiger partial charge in [0.25, 0.3) is 0 Å². The van der Waals surface area contributed by atoms with Crippen LogP contribution in [0.2, 0.25) is 5.02 Å². The summed E-state index contributed by atoms with van der Waals surface area (Å²) in [5, 5.41) is 8.45. The molecule has 11 heteroatoms. The fourth-order valence-electron chi connectivity index (χ4n) is 3.12. The van der Waals surface area contributed by atoms with Gasteiger partial charge in [0.05, 0.1) is 10.8 Å². The average molecular weight is 483 g/mol. The maximum absolute atomic E-state index is 13.2. The molecule has 2 aliphatic rings. The van der Waals surface area contributed by atoms with Crippen molar-refractivity contribution in [2.45, 2.75) is 16.9 Å². The highest BCUT2D eigenvalue weighted by molar-refractivity contribution is 8.24. The molecule has 2 saturated heterocycles. The number of nitrogens with one attached hydrogen (secondary N) is 3. The molecular formula is C19H16ClFN4O2S3. The summed E-state index contributed by atoms with van der Waals surface area (Å²) >= 11 is 13.8. The fourth-order valence-corrected chi connectivity index (χ4v) is 5.71. The number of fused-ring (bicyclic) bond motifs is 1. The van der Waals surface area contributed by atoms with Crippen LogP contribution in [0.25, 0.3) is 0 Å². The number of hydrogen-bond acceptors (Lipinski definition) is 6. The van der Waals surface area contributed by atoms with Gasteiger partial charge in [0.15, 0.2) is 0 Å². The van der Waals surface area contributed by atoms with E-state index in [4.69, 9.17) is 23.8 Å². The van der Waals surface area contributed by atoms with Crippen LogP contribution in [0.5, 0.6) is 0 Å². The Morgan fingerprint density at radius 1 is 1.30 bits per heavy atom. The fraction of sp³-hybridized carbons (Fsp3) is 0.211. The first-order chi connectivity index (χ1) is 14.4. The molecule has 2 aromatic carbocycles. The third-order valence-corrected chi connectivity index (χ3v) is 7.38. The van der Waals surface area contributed by atoms with Crippen molar-refractivity contribution in [1.29, 1.82) is 0 Å². The topological polar surface area (TPSA) is 73.5 Å². The molecule has 0 bridgehead atoms. The summed E-state index contributed by atoms with van der Waals surface area (Å²) in [7, 11) is 0. The molecule has 2 aromatic rings. The third kappa shape index (κ3) is 4.57. The van der Waals surface area contributed by atoms with E-state index in [0.29, 0.717) is 10.0 Å². The van der Waals surface area contributed by atoms with E-state index in [-0.39, 0.29) is 34.0 Å². The number of thioether (sulfide) groups is 2. The van der Waals surface area contributed by atoms with E-state index in [1.165, 1.54) is 41.7 Å². The lowest BCUT2D eigenvalue weighted by atomic mass is 10.2. The Kier molecular flexibility index (Phi) is 6.49. The van der Waals surface area contributed by atoms with Crippen LogP contribution in [0.15, 0.2) is 48.5 Å². The third-order valence-electron chi connectivity index (χ3n) is 4.46. The summed E-state index contributed by atoms with van der Waals surface area (Å²) in [6.45, 7) is 0. The standard InChI is InChI=1S/C19H16ClFN4O2S3/c20-12-8-10(6-7-13(12)21)22-14(26)9-29-18-23-16-15(17(27)24-18)30-19(28)25(16)11-4-2-1-3-5-11/h1-8,15-16,18,23H,9H2,(H,22,26)(H,24,27). The van der Waals surface area contributed by atoms with Gasteiger partial charge in [0.2, 0.25) is 11.8 Å². The minimum absolute atomic E-state index is 0.0663. The quantitative estimate of drug-likeness (QED) is 0.564. The molecule has 0 spiro atoms. The number of hydrogen-bond donors (Lipinski definition) is 3. The summed E-state index contributed by atoms with van der Waals surface area (Å²) < 4.78 is 13.9. The number of nitrogens with zero attached hydrogens (tertiary/aromatic N) is 1. The predicted octanol–water partition coefficient (Wildman–Crippen LogP) is 3.39. The zero-order chi connectivity index (χ0) is 21.3. The molecule has 0 aliphatic carbocycles. The van der Waals surface area contributed by atoms with Gasteiger partial charge in [0, 0.05) is 11.4 Å². The number of carbonyl (C=O) groups is 2. The first-order valence-corrected chi connectivity index (χ1v) is 11.6. The van der Waals surface area contributed by atoms with Gasteiger partial charge in [-0.3, -0.25) is 14.9 Å². The number of amides is 2. The molecule has 0 aromatic heterocycles. The highest BCUT2D eigenvalue weighted by Crippen LogP contribution is 2.37. The van der Waals surface area contributed by atoms with Crippen molar-refractivity contribution in [2.24, 2.45) is 0 Å². The molecule has 156 valence electrons. The maximum Gasteiger partial charge on any atom is 0.238 e. The molecule has 0 saturated carbocycles. The Balaban J connectivity index is 1.38. The van der Waals surface area contributed by atoms with Crippen LogP contribution in [-0.4, -0.2) is 38.8 Å². The predicted molar refractivity (Wildman–Crippen MR) is 124 cm³/mol. The van der Waals surface area contributed by atoms with E-state index in [1.807, 2.05) is 35.2 Å². The summed E-state index contributed by atoms with van der Waals surface area (Å²) in [4.78, 5) is 26.8. The Morgan fingerprint density at radius 3 is 2.80 bits per heavy atom. The van der Waals surface area contributed by atoms with Gasteiger partial charge < -0.3 is 15.5 Å². The number of thiocarbonyl (C=S) groups is 1. The normalized spacial score (nSPS) is 23.1. The van der Waals surface area contributed by atoms with Crippen molar-refractivity contribution >= 4 is 74.9 Å². The summed E-state index contributed by atoms with van der Waals surface area (Å²) in [6, 6.07) is 13.6. The van der Waals surface area contributed by atoms with E-state index < -0.39 is 11.3 Å². The smallest absolute Gasteiger partial charge is 0.238 e. The molecule has 3 N–H and O–H groups in total. The Hall–Kier alpha value is -1.85. The summed E-state index contributed by atoms with van der Waals surface area (Å²) in [6.07, 6.45) is -0.310. The summed E-state index contributed by atoms with van der Waals surface area (Å²) in [5.74, 6) is -0.902. The number of anilines is 2. The van der Waals surface area contributed by atoms with E-state index in [2.05, 4.69) is 16.0 Å². The first-order valence-electron chi connectivity index (χ1n) is 8.90. The minimum Gasteiger partial charge on any atom is -0.331 e. The van der Waals surface area contributed by atoms with Crippen molar-refractivity contribution in [1.82, 2.24) is 10.6 Å². The largest absolute Gasteiger partial charge is 0.331 e. The molecule has 2 fully saturated rings. The molecule has 3 atom stereocenters. The highest BCUT2D eigenvalue weighted by Gasteiger charge is 2.47.